The highest BCUT2D eigenvalue weighted by atomic mass is 32.1. The number of hydrogen-bond donors (Lipinski definition) is 1. The molecule has 10 heteroatoms. The van der Waals surface area contributed by atoms with E-state index in [9.17, 15) is 14.7 Å². The van der Waals surface area contributed by atoms with Crippen LogP contribution in [0.5, 0.6) is 23.0 Å². The van der Waals surface area contributed by atoms with Gasteiger partial charge in [0.2, 0.25) is 0 Å². The number of fused-ring (bicyclic) bond motifs is 1. The van der Waals surface area contributed by atoms with Gasteiger partial charge < -0.3 is 24.2 Å². The zero-order valence-corrected chi connectivity index (χ0v) is 23.8. The highest BCUT2D eigenvalue weighted by Gasteiger charge is 2.36. The van der Waals surface area contributed by atoms with Crippen LogP contribution in [0.15, 0.2) is 57.5 Å². The van der Waals surface area contributed by atoms with Crippen LogP contribution in [0.2, 0.25) is 0 Å². The van der Waals surface area contributed by atoms with Crippen molar-refractivity contribution in [2.45, 2.75) is 33.7 Å². The number of methoxy groups -OCH3 is 2. The summed E-state index contributed by atoms with van der Waals surface area (Å²) in [6.07, 6.45) is 1.73. The maximum Gasteiger partial charge on any atom is 0.271 e. The molecule has 1 aromatic heterocycles. The molecule has 3 aromatic rings. The molecule has 9 nitrogen and oxygen atoms in total. The molecule has 0 fully saturated rings. The molecule has 1 aliphatic rings. The van der Waals surface area contributed by atoms with Crippen molar-refractivity contribution in [3.63, 3.8) is 0 Å². The number of aromatic nitrogens is 1. The van der Waals surface area contributed by atoms with E-state index in [4.69, 9.17) is 19.2 Å². The van der Waals surface area contributed by atoms with Crippen molar-refractivity contribution < 1.29 is 24.1 Å². The van der Waals surface area contributed by atoms with Gasteiger partial charge in [0.05, 0.1) is 36.6 Å². The van der Waals surface area contributed by atoms with Crippen LogP contribution in [0.25, 0.3) is 6.08 Å². The van der Waals surface area contributed by atoms with Crippen LogP contribution in [0.1, 0.15) is 44.9 Å². The van der Waals surface area contributed by atoms with Gasteiger partial charge in [0.15, 0.2) is 16.3 Å². The van der Waals surface area contributed by atoms with Gasteiger partial charge in [0, 0.05) is 18.7 Å². The quantitative estimate of drug-likeness (QED) is 0.438. The van der Waals surface area contributed by atoms with E-state index in [1.54, 1.807) is 67.0 Å². The van der Waals surface area contributed by atoms with Gasteiger partial charge in [0.25, 0.3) is 11.5 Å². The highest BCUT2D eigenvalue weighted by Crippen LogP contribution is 2.38. The fraction of sp³-hybridized carbons (Fsp3) is 0.345. The Morgan fingerprint density at radius 3 is 2.49 bits per heavy atom. The van der Waals surface area contributed by atoms with E-state index >= 15 is 0 Å². The smallest absolute Gasteiger partial charge is 0.271 e. The van der Waals surface area contributed by atoms with Crippen molar-refractivity contribution in [3.05, 3.63) is 78.5 Å². The van der Waals surface area contributed by atoms with E-state index in [0.717, 1.165) is 0 Å². The second kappa shape index (κ2) is 11.8. The number of phenolic OH excluding ortho intramolecular Hbond substituents is 1. The molecule has 0 saturated heterocycles. The summed E-state index contributed by atoms with van der Waals surface area (Å²) in [5, 5.41) is 10.1. The Morgan fingerprint density at radius 1 is 1.10 bits per heavy atom. The van der Waals surface area contributed by atoms with E-state index in [1.165, 1.54) is 17.4 Å². The molecule has 0 saturated carbocycles. The summed E-state index contributed by atoms with van der Waals surface area (Å²) in [4.78, 5) is 34.7. The van der Waals surface area contributed by atoms with E-state index in [0.29, 0.717) is 68.7 Å². The lowest BCUT2D eigenvalue weighted by molar-refractivity contribution is -0.127. The summed E-state index contributed by atoms with van der Waals surface area (Å²) in [5.41, 5.74) is 1.96. The Labute approximate surface area is 230 Å². The first-order chi connectivity index (χ1) is 18.8. The number of thiazole rings is 1. The van der Waals surface area contributed by atoms with Crippen molar-refractivity contribution in [3.8, 4) is 23.0 Å². The molecule has 1 amide bonds. The van der Waals surface area contributed by atoms with E-state index in [1.807, 2.05) is 20.8 Å². The van der Waals surface area contributed by atoms with E-state index < -0.39 is 6.04 Å². The van der Waals surface area contributed by atoms with Gasteiger partial charge in [-0.2, -0.15) is 0 Å². The van der Waals surface area contributed by atoms with Crippen LogP contribution >= 0.6 is 11.3 Å². The predicted molar refractivity (Wildman–Crippen MR) is 151 cm³/mol. The SMILES string of the molecule is CCOc1cc(/C=c2/sc3n(c2=O)[C@H](c2cc(OC)ccc2OC)C(C(=O)N(CC)CC)=C(C)N=3)ccc1O. The van der Waals surface area contributed by atoms with Crippen LogP contribution in [-0.2, 0) is 4.79 Å². The fourth-order valence-electron chi connectivity index (χ4n) is 4.67. The number of benzene rings is 2. The van der Waals surface area contributed by atoms with Gasteiger partial charge in [-0.05, 0) is 69.7 Å². The third kappa shape index (κ3) is 5.29. The summed E-state index contributed by atoms with van der Waals surface area (Å²) in [6.45, 7) is 8.88. The molecule has 0 spiro atoms. The molecular weight excluding hydrogens is 518 g/mol. The first kappa shape index (κ1) is 28.0. The van der Waals surface area contributed by atoms with Crippen molar-refractivity contribution in [1.29, 1.82) is 0 Å². The molecule has 0 radical (unpaired) electrons. The van der Waals surface area contributed by atoms with Crippen molar-refractivity contribution >= 4 is 23.3 Å². The number of amides is 1. The van der Waals surface area contributed by atoms with Crippen LogP contribution in [0.4, 0.5) is 0 Å². The van der Waals surface area contributed by atoms with Gasteiger partial charge in [-0.3, -0.25) is 14.2 Å². The maximum absolute atomic E-state index is 14.0. The number of likely N-dealkylation sites (N-methyl/N-ethyl adjacent to an activating group) is 1. The molecule has 0 aliphatic carbocycles. The van der Waals surface area contributed by atoms with Gasteiger partial charge in [-0.25, -0.2) is 4.99 Å². The predicted octanol–water partition coefficient (Wildman–Crippen LogP) is 3.23. The molecule has 0 bridgehead atoms. The average molecular weight is 552 g/mol. The molecule has 4 rings (SSSR count). The molecule has 2 heterocycles. The molecule has 39 heavy (non-hydrogen) atoms. The lowest BCUT2D eigenvalue weighted by atomic mass is 9.93. The summed E-state index contributed by atoms with van der Waals surface area (Å²) >= 11 is 1.23. The number of hydrogen-bond acceptors (Lipinski definition) is 8. The highest BCUT2D eigenvalue weighted by molar-refractivity contribution is 7.07. The first-order valence-electron chi connectivity index (χ1n) is 12.8. The lowest BCUT2D eigenvalue weighted by Crippen LogP contribution is -2.43. The topological polar surface area (TPSA) is 103 Å². The van der Waals surface area contributed by atoms with Crippen LogP contribution in [-0.4, -0.2) is 54.4 Å². The molecule has 2 aromatic carbocycles. The minimum atomic E-state index is -0.777. The summed E-state index contributed by atoms with van der Waals surface area (Å²) in [6, 6.07) is 9.48. The minimum absolute atomic E-state index is 0.0239. The minimum Gasteiger partial charge on any atom is -0.504 e. The number of phenols is 1. The monoisotopic (exact) mass is 551 g/mol. The van der Waals surface area contributed by atoms with E-state index in [2.05, 4.69) is 0 Å². The molecule has 1 N–H and O–H groups in total. The first-order valence-corrected chi connectivity index (χ1v) is 13.6. The fourth-order valence-corrected chi connectivity index (χ4v) is 5.71. The number of carbonyl (C=O) groups excluding carboxylic acids is 1. The maximum atomic E-state index is 14.0. The lowest BCUT2D eigenvalue weighted by Gasteiger charge is -2.30. The molecule has 1 aliphatic heterocycles. The number of aromatic hydroxyl groups is 1. The third-order valence-electron chi connectivity index (χ3n) is 6.62. The second-order valence-corrected chi connectivity index (χ2v) is 9.84. The van der Waals surface area contributed by atoms with Crippen molar-refractivity contribution in [2.24, 2.45) is 4.99 Å². The Hall–Kier alpha value is -4.05. The van der Waals surface area contributed by atoms with Crippen molar-refractivity contribution in [1.82, 2.24) is 9.47 Å². The number of rotatable bonds is 9. The number of ether oxygens (including phenoxy) is 3. The summed E-state index contributed by atoms with van der Waals surface area (Å²) in [7, 11) is 3.12. The zero-order valence-electron chi connectivity index (χ0n) is 23.0. The van der Waals surface area contributed by atoms with Gasteiger partial charge in [-0.15, -0.1) is 0 Å². The molecule has 206 valence electrons. The summed E-state index contributed by atoms with van der Waals surface area (Å²) < 4.78 is 18.7. The van der Waals surface area contributed by atoms with Gasteiger partial charge >= 0.3 is 0 Å². The Morgan fingerprint density at radius 2 is 1.85 bits per heavy atom. The molecule has 1 atom stereocenters. The third-order valence-corrected chi connectivity index (χ3v) is 7.60. The Kier molecular flexibility index (Phi) is 8.44. The largest absolute Gasteiger partial charge is 0.504 e. The van der Waals surface area contributed by atoms with Crippen LogP contribution < -0.4 is 29.1 Å². The average Bonchev–Trinajstić information content (AvgIpc) is 3.24. The standard InChI is InChI=1S/C29H33N3O6S/c1-7-31(8-2)28(35)25-17(4)30-29-32(26(25)20-16-19(36-5)11-13-22(20)37-6)27(34)24(39-29)15-18-10-12-21(33)23(14-18)38-9-3/h10-16,26,33H,7-9H2,1-6H3/b24-15+/t26-/m1/s1. The normalized spacial score (nSPS) is 15.0. The molecular formula is C29H33N3O6S. The van der Waals surface area contributed by atoms with Gasteiger partial charge in [0.1, 0.15) is 17.5 Å². The van der Waals surface area contributed by atoms with E-state index in [-0.39, 0.29) is 17.2 Å². The summed E-state index contributed by atoms with van der Waals surface area (Å²) in [5.74, 6) is 1.27. The van der Waals surface area contributed by atoms with Crippen LogP contribution in [0, 0.1) is 0 Å². The molecule has 0 unspecified atom stereocenters. The second-order valence-electron chi connectivity index (χ2n) is 8.83. The number of carbonyl (C=O) groups is 1. The number of nitrogens with zero attached hydrogens (tertiary/aromatic N) is 3. The Bertz CT molecular complexity index is 1600. The van der Waals surface area contributed by atoms with Crippen molar-refractivity contribution in [2.75, 3.05) is 33.9 Å². The Balaban J connectivity index is 2.00. The zero-order chi connectivity index (χ0) is 28.3. The number of allylic oxidation sites excluding steroid dienone is 1. The van der Waals surface area contributed by atoms with Gasteiger partial charge in [-0.1, -0.05) is 17.4 Å². The van der Waals surface area contributed by atoms with Crippen LogP contribution in [0.3, 0.4) is 0 Å².